The lowest BCUT2D eigenvalue weighted by molar-refractivity contribution is 0.00839. The monoisotopic (exact) mass is 516 g/mol. The van der Waals surface area contributed by atoms with Crippen molar-refractivity contribution in [2.75, 3.05) is 25.5 Å². The number of aromatic nitrogens is 5. The van der Waals surface area contributed by atoms with Gasteiger partial charge in [0.1, 0.15) is 23.3 Å². The molecule has 0 amide bonds. The Hall–Kier alpha value is -3.25. The second kappa shape index (κ2) is 10.8. The van der Waals surface area contributed by atoms with Crippen LogP contribution in [-0.2, 0) is 14.8 Å². The van der Waals surface area contributed by atoms with E-state index < -0.39 is 21.2 Å². The fourth-order valence-electron chi connectivity index (χ4n) is 4.15. The van der Waals surface area contributed by atoms with E-state index in [0.29, 0.717) is 35.3 Å². The standard InChI is InChI=1S/C24H32N6O5S/c1-15-13-26-18(14-25-15)16(2)17(3)36(31,32)29-24-28-27-23(21-9-6-7-12-35-21)30(24)22-19(33-4)10-8-11-20(22)34-5/h8,10-11,13-14,16-17,21H,6-7,9,12H2,1-5H3,(H,28,29)/t16-,17-,21+/m0/s1. The third kappa shape index (κ3) is 5.14. The molecule has 12 heteroatoms. The zero-order valence-corrected chi connectivity index (χ0v) is 21.9. The first-order valence-electron chi connectivity index (χ1n) is 11.8. The highest BCUT2D eigenvalue weighted by Crippen LogP contribution is 2.39. The van der Waals surface area contributed by atoms with Crippen LogP contribution in [0.5, 0.6) is 11.5 Å². The number of ether oxygens (including phenoxy) is 3. The number of hydrogen-bond donors (Lipinski definition) is 1. The highest BCUT2D eigenvalue weighted by atomic mass is 32.2. The number of nitrogens with zero attached hydrogens (tertiary/aromatic N) is 5. The molecule has 0 saturated carbocycles. The quantitative estimate of drug-likeness (QED) is 0.453. The van der Waals surface area contributed by atoms with Crippen LogP contribution in [0.25, 0.3) is 5.69 Å². The highest BCUT2D eigenvalue weighted by Gasteiger charge is 2.33. The zero-order valence-electron chi connectivity index (χ0n) is 21.1. The lowest BCUT2D eigenvalue weighted by Crippen LogP contribution is -2.31. The molecule has 1 fully saturated rings. The van der Waals surface area contributed by atoms with E-state index in [2.05, 4.69) is 24.9 Å². The van der Waals surface area contributed by atoms with Gasteiger partial charge in [0.15, 0.2) is 5.82 Å². The van der Waals surface area contributed by atoms with E-state index in [-0.39, 0.29) is 12.1 Å². The van der Waals surface area contributed by atoms with Gasteiger partial charge in [-0.15, -0.1) is 10.2 Å². The van der Waals surface area contributed by atoms with Crippen molar-refractivity contribution in [1.82, 2.24) is 24.7 Å². The Morgan fingerprint density at radius 3 is 2.39 bits per heavy atom. The molecule has 3 aromatic rings. The maximum Gasteiger partial charge on any atom is 0.243 e. The van der Waals surface area contributed by atoms with Gasteiger partial charge in [-0.25, -0.2) is 8.42 Å². The summed E-state index contributed by atoms with van der Waals surface area (Å²) in [5, 5.41) is 7.74. The van der Waals surface area contributed by atoms with Crippen molar-refractivity contribution in [3.63, 3.8) is 0 Å². The summed E-state index contributed by atoms with van der Waals surface area (Å²) in [5.74, 6) is 1.02. The van der Waals surface area contributed by atoms with Gasteiger partial charge < -0.3 is 14.2 Å². The third-order valence-electron chi connectivity index (χ3n) is 6.48. The fraction of sp³-hybridized carbons (Fsp3) is 0.500. The third-order valence-corrected chi connectivity index (χ3v) is 8.33. The van der Waals surface area contributed by atoms with Crippen LogP contribution >= 0.6 is 0 Å². The highest BCUT2D eigenvalue weighted by molar-refractivity contribution is 7.93. The Morgan fingerprint density at radius 1 is 1.08 bits per heavy atom. The first kappa shape index (κ1) is 25.8. The molecule has 4 rings (SSSR count). The number of nitrogens with one attached hydrogen (secondary N) is 1. The number of anilines is 1. The second-order valence-electron chi connectivity index (χ2n) is 8.81. The SMILES string of the molecule is COc1cccc(OC)c1-n1c(NS(=O)(=O)[C@@H](C)[C@H](C)c2cnc(C)cn2)nnc1[C@H]1CCCCO1. The van der Waals surface area contributed by atoms with Crippen molar-refractivity contribution in [2.45, 2.75) is 57.3 Å². The minimum atomic E-state index is -3.92. The smallest absolute Gasteiger partial charge is 0.243 e. The molecule has 1 aliphatic heterocycles. The molecular weight excluding hydrogens is 484 g/mol. The molecule has 1 aromatic carbocycles. The molecule has 2 aromatic heterocycles. The number of methoxy groups -OCH3 is 2. The summed E-state index contributed by atoms with van der Waals surface area (Å²) in [5.41, 5.74) is 1.83. The summed E-state index contributed by atoms with van der Waals surface area (Å²) in [6.07, 6.45) is 5.54. The lowest BCUT2D eigenvalue weighted by Gasteiger charge is -2.25. The summed E-state index contributed by atoms with van der Waals surface area (Å²) in [7, 11) is -0.847. The molecule has 1 saturated heterocycles. The van der Waals surface area contributed by atoms with Gasteiger partial charge >= 0.3 is 0 Å². The Bertz CT molecular complexity index is 1270. The maximum atomic E-state index is 13.5. The summed E-state index contributed by atoms with van der Waals surface area (Å²) in [4.78, 5) is 8.61. The average Bonchev–Trinajstić information content (AvgIpc) is 3.30. The van der Waals surface area contributed by atoms with Gasteiger partial charge in [-0.05, 0) is 45.2 Å². The molecule has 0 radical (unpaired) electrons. The van der Waals surface area contributed by atoms with Gasteiger partial charge in [0.25, 0.3) is 0 Å². The van der Waals surface area contributed by atoms with Gasteiger partial charge in [-0.1, -0.05) is 13.0 Å². The van der Waals surface area contributed by atoms with Crippen LogP contribution in [0.2, 0.25) is 0 Å². The summed E-state index contributed by atoms with van der Waals surface area (Å²) in [6.45, 7) is 5.85. The zero-order chi connectivity index (χ0) is 25.9. The molecule has 11 nitrogen and oxygen atoms in total. The molecule has 194 valence electrons. The van der Waals surface area contributed by atoms with E-state index >= 15 is 0 Å². The number of sulfonamides is 1. The van der Waals surface area contributed by atoms with Gasteiger partial charge in [-0.3, -0.25) is 19.3 Å². The largest absolute Gasteiger partial charge is 0.494 e. The average molecular weight is 517 g/mol. The van der Waals surface area contributed by atoms with E-state index in [9.17, 15) is 8.42 Å². The number of para-hydroxylation sites is 1. The van der Waals surface area contributed by atoms with E-state index in [0.717, 1.165) is 25.0 Å². The van der Waals surface area contributed by atoms with Gasteiger partial charge in [0.05, 0.1) is 30.9 Å². The van der Waals surface area contributed by atoms with Crippen molar-refractivity contribution < 1.29 is 22.6 Å². The van der Waals surface area contributed by atoms with E-state index in [1.807, 2.05) is 6.92 Å². The van der Waals surface area contributed by atoms with Crippen molar-refractivity contribution in [3.05, 3.63) is 47.8 Å². The van der Waals surface area contributed by atoms with Gasteiger partial charge in [-0.2, -0.15) is 0 Å². The minimum Gasteiger partial charge on any atom is -0.494 e. The summed E-state index contributed by atoms with van der Waals surface area (Å²) < 4.78 is 48.5. The van der Waals surface area contributed by atoms with E-state index in [1.54, 1.807) is 49.0 Å². The number of hydrogen-bond acceptors (Lipinski definition) is 9. The van der Waals surface area contributed by atoms with Gasteiger partial charge in [0.2, 0.25) is 16.0 Å². The first-order chi connectivity index (χ1) is 17.3. The lowest BCUT2D eigenvalue weighted by atomic mass is 10.1. The van der Waals surface area contributed by atoms with Crippen LogP contribution in [0.3, 0.4) is 0 Å². The van der Waals surface area contributed by atoms with E-state index in [4.69, 9.17) is 14.2 Å². The fourth-order valence-corrected chi connectivity index (χ4v) is 5.40. The minimum absolute atomic E-state index is 0.0241. The number of aryl methyl sites for hydroxylation is 1. The van der Waals surface area contributed by atoms with Crippen LogP contribution in [0.4, 0.5) is 5.95 Å². The molecule has 1 N–H and O–H groups in total. The maximum absolute atomic E-state index is 13.5. The van der Waals surface area contributed by atoms with Crippen LogP contribution in [-0.4, -0.2) is 59.2 Å². The summed E-state index contributed by atoms with van der Waals surface area (Å²) >= 11 is 0. The molecule has 0 bridgehead atoms. The number of rotatable bonds is 9. The van der Waals surface area contributed by atoms with Gasteiger partial charge in [0, 0.05) is 24.9 Å². The normalized spacial score (nSPS) is 17.9. The Kier molecular flexibility index (Phi) is 7.74. The van der Waals surface area contributed by atoms with Crippen LogP contribution in [0.1, 0.15) is 62.3 Å². The Balaban J connectivity index is 1.77. The van der Waals surface area contributed by atoms with Crippen LogP contribution in [0.15, 0.2) is 30.6 Å². The Labute approximate surface area is 211 Å². The van der Waals surface area contributed by atoms with Crippen LogP contribution < -0.4 is 14.2 Å². The predicted molar refractivity (Wildman–Crippen MR) is 134 cm³/mol. The number of benzene rings is 1. The van der Waals surface area contributed by atoms with E-state index in [1.165, 1.54) is 14.2 Å². The van der Waals surface area contributed by atoms with Crippen molar-refractivity contribution >= 4 is 16.0 Å². The topological polar surface area (TPSA) is 130 Å². The van der Waals surface area contributed by atoms with Crippen molar-refractivity contribution in [2.24, 2.45) is 0 Å². The first-order valence-corrected chi connectivity index (χ1v) is 13.4. The molecule has 0 unspecified atom stereocenters. The molecular formula is C24H32N6O5S. The molecule has 1 aliphatic rings. The molecule has 0 aliphatic carbocycles. The Morgan fingerprint density at radius 2 is 1.81 bits per heavy atom. The van der Waals surface area contributed by atoms with Crippen molar-refractivity contribution in [1.29, 1.82) is 0 Å². The molecule has 3 atom stereocenters. The predicted octanol–water partition coefficient (Wildman–Crippen LogP) is 3.56. The van der Waals surface area contributed by atoms with Crippen LogP contribution in [0, 0.1) is 6.92 Å². The molecule has 36 heavy (non-hydrogen) atoms. The molecule has 0 spiro atoms. The molecule has 3 heterocycles. The second-order valence-corrected chi connectivity index (χ2v) is 10.8. The van der Waals surface area contributed by atoms with Crippen molar-refractivity contribution in [3.8, 4) is 17.2 Å². The summed E-state index contributed by atoms with van der Waals surface area (Å²) in [6, 6.07) is 5.32.